The molecule has 1 aliphatic rings. The number of piperidine rings is 1. The molecule has 0 saturated carbocycles. The fourth-order valence-corrected chi connectivity index (χ4v) is 4.37. The number of nitrogens with one attached hydrogen (secondary N) is 1. The van der Waals surface area contributed by atoms with Crippen LogP contribution in [0.3, 0.4) is 0 Å². The molecule has 0 atom stereocenters. The lowest BCUT2D eigenvalue weighted by atomic mass is 9.89. The first-order chi connectivity index (χ1) is 17.7. The third kappa shape index (κ3) is 6.67. The van der Waals surface area contributed by atoms with Crippen molar-refractivity contribution in [3.8, 4) is 5.75 Å². The van der Waals surface area contributed by atoms with Gasteiger partial charge in [-0.25, -0.2) is 0 Å². The van der Waals surface area contributed by atoms with Gasteiger partial charge in [-0.3, -0.25) is 14.6 Å². The molecule has 4 rings (SSSR count). The molecule has 0 aliphatic carbocycles. The van der Waals surface area contributed by atoms with E-state index < -0.39 is 11.7 Å². The first-order valence-electron chi connectivity index (χ1n) is 12.1. The van der Waals surface area contributed by atoms with Crippen LogP contribution < -0.4 is 10.1 Å². The first-order valence-corrected chi connectivity index (χ1v) is 12.1. The summed E-state index contributed by atoms with van der Waals surface area (Å²) in [6.07, 6.45) is -3.25. The Hall–Kier alpha value is -3.88. The number of ether oxygens (including phenoxy) is 1. The van der Waals surface area contributed by atoms with E-state index in [1.165, 1.54) is 12.1 Å². The van der Waals surface area contributed by atoms with Gasteiger partial charge in [0.2, 0.25) is 0 Å². The van der Waals surface area contributed by atoms with Gasteiger partial charge in [0.1, 0.15) is 12.4 Å². The second-order valence-electron chi connectivity index (χ2n) is 8.94. The molecule has 0 unspecified atom stereocenters. The third-order valence-corrected chi connectivity index (χ3v) is 6.34. The summed E-state index contributed by atoms with van der Waals surface area (Å²) in [5, 5.41) is 2.88. The van der Waals surface area contributed by atoms with Crippen LogP contribution in [0.5, 0.6) is 5.75 Å². The molecule has 2 heterocycles. The molecular weight excluding hydrogens is 483 g/mol. The maximum absolute atomic E-state index is 12.9. The Morgan fingerprint density at radius 1 is 1.00 bits per heavy atom. The van der Waals surface area contributed by atoms with Crippen molar-refractivity contribution in [2.45, 2.75) is 31.9 Å². The maximum atomic E-state index is 12.9. The van der Waals surface area contributed by atoms with E-state index in [2.05, 4.69) is 10.3 Å². The zero-order valence-electron chi connectivity index (χ0n) is 20.4. The molecule has 0 radical (unpaired) electrons. The highest BCUT2D eigenvalue weighted by Gasteiger charge is 2.31. The molecule has 1 aliphatic heterocycles. The number of benzene rings is 2. The molecule has 2 amide bonds. The molecule has 6 nitrogen and oxygen atoms in total. The number of para-hydroxylation sites is 1. The molecule has 0 spiro atoms. The topological polar surface area (TPSA) is 71.5 Å². The number of amides is 2. The number of nitrogens with zero attached hydrogens (tertiary/aromatic N) is 2. The standard InChI is InChI=1S/C28H28F3N3O3/c1-19-7-12-24(26(35)32-15-18-37-23-5-3-2-4-6-23)25(33-19)20-13-16-34(17-14-20)27(36)21-8-10-22(11-9-21)28(29,30)31/h2-12,20H,13-18H2,1H3,(H,32,35). The van der Waals surface area contributed by atoms with Crippen LogP contribution in [0, 0.1) is 6.92 Å². The maximum Gasteiger partial charge on any atom is 0.416 e. The fraction of sp³-hybridized carbons (Fsp3) is 0.321. The molecule has 1 aromatic heterocycles. The molecule has 194 valence electrons. The molecule has 1 N–H and O–H groups in total. The first kappa shape index (κ1) is 26.2. The summed E-state index contributed by atoms with van der Waals surface area (Å²) in [4.78, 5) is 32.1. The van der Waals surface area contributed by atoms with Crippen molar-refractivity contribution in [2.75, 3.05) is 26.2 Å². The molecule has 1 saturated heterocycles. The highest BCUT2D eigenvalue weighted by atomic mass is 19.4. The monoisotopic (exact) mass is 511 g/mol. The highest BCUT2D eigenvalue weighted by molar-refractivity contribution is 5.96. The third-order valence-electron chi connectivity index (χ3n) is 6.34. The van der Waals surface area contributed by atoms with Crippen LogP contribution in [0.15, 0.2) is 66.7 Å². The number of carbonyl (C=O) groups excluding carboxylic acids is 2. The van der Waals surface area contributed by atoms with Gasteiger partial charge in [0.05, 0.1) is 23.4 Å². The van der Waals surface area contributed by atoms with E-state index >= 15 is 0 Å². The molecule has 0 bridgehead atoms. The quantitative estimate of drug-likeness (QED) is 0.441. The van der Waals surface area contributed by atoms with Crippen molar-refractivity contribution in [3.05, 3.63) is 94.8 Å². The number of hydrogen-bond donors (Lipinski definition) is 1. The number of aromatic nitrogens is 1. The normalized spacial score (nSPS) is 14.3. The SMILES string of the molecule is Cc1ccc(C(=O)NCCOc2ccccc2)c(C2CCN(C(=O)c3ccc(C(F)(F)F)cc3)CC2)n1. The summed E-state index contributed by atoms with van der Waals surface area (Å²) in [5.74, 6) is 0.174. The number of alkyl halides is 3. The average Bonchev–Trinajstić information content (AvgIpc) is 2.91. The van der Waals surface area contributed by atoms with Gasteiger partial charge in [-0.1, -0.05) is 18.2 Å². The van der Waals surface area contributed by atoms with Crippen LogP contribution in [0.25, 0.3) is 0 Å². The van der Waals surface area contributed by atoms with E-state index in [1.54, 1.807) is 17.0 Å². The predicted octanol–water partition coefficient (Wildman–Crippen LogP) is 5.24. The Labute approximate surface area is 213 Å². The van der Waals surface area contributed by atoms with E-state index in [1.807, 2.05) is 37.3 Å². The highest BCUT2D eigenvalue weighted by Crippen LogP contribution is 2.31. The number of pyridine rings is 1. The molecule has 3 aromatic rings. The largest absolute Gasteiger partial charge is 0.492 e. The number of carbonyl (C=O) groups is 2. The Morgan fingerprint density at radius 2 is 1.68 bits per heavy atom. The van der Waals surface area contributed by atoms with Crippen molar-refractivity contribution in [1.29, 1.82) is 0 Å². The molecule has 1 fully saturated rings. The van der Waals surface area contributed by atoms with Crippen LogP contribution in [0.2, 0.25) is 0 Å². The number of likely N-dealkylation sites (tertiary alicyclic amines) is 1. The summed E-state index contributed by atoms with van der Waals surface area (Å²) >= 11 is 0. The summed E-state index contributed by atoms with van der Waals surface area (Å²) in [5.41, 5.74) is 1.42. The van der Waals surface area contributed by atoms with Gasteiger partial charge < -0.3 is 15.0 Å². The number of hydrogen-bond acceptors (Lipinski definition) is 4. The predicted molar refractivity (Wildman–Crippen MR) is 133 cm³/mol. The fourth-order valence-electron chi connectivity index (χ4n) is 4.37. The van der Waals surface area contributed by atoms with Crippen molar-refractivity contribution in [2.24, 2.45) is 0 Å². The van der Waals surface area contributed by atoms with Crippen LogP contribution in [0.1, 0.15) is 56.4 Å². The van der Waals surface area contributed by atoms with E-state index in [0.717, 1.165) is 23.6 Å². The van der Waals surface area contributed by atoms with Crippen molar-refractivity contribution in [3.63, 3.8) is 0 Å². The molecule has 2 aromatic carbocycles. The Morgan fingerprint density at radius 3 is 2.32 bits per heavy atom. The van der Waals surface area contributed by atoms with Gasteiger partial charge in [0, 0.05) is 30.3 Å². The zero-order valence-corrected chi connectivity index (χ0v) is 20.4. The van der Waals surface area contributed by atoms with Crippen LogP contribution in [-0.4, -0.2) is 47.9 Å². The molecule has 37 heavy (non-hydrogen) atoms. The van der Waals surface area contributed by atoms with E-state index in [9.17, 15) is 22.8 Å². The lowest BCUT2D eigenvalue weighted by Crippen LogP contribution is -2.38. The van der Waals surface area contributed by atoms with Crippen molar-refractivity contribution in [1.82, 2.24) is 15.2 Å². The van der Waals surface area contributed by atoms with Gasteiger partial charge in [-0.2, -0.15) is 13.2 Å². The Balaban J connectivity index is 1.35. The molecular formula is C28H28F3N3O3. The Bertz CT molecular complexity index is 1220. The minimum atomic E-state index is -4.44. The van der Waals surface area contributed by atoms with E-state index in [0.29, 0.717) is 50.3 Å². The lowest BCUT2D eigenvalue weighted by molar-refractivity contribution is -0.137. The average molecular weight is 512 g/mol. The van der Waals surface area contributed by atoms with Gasteiger partial charge in [-0.05, 0) is 68.3 Å². The smallest absolute Gasteiger partial charge is 0.416 e. The van der Waals surface area contributed by atoms with Gasteiger partial charge in [-0.15, -0.1) is 0 Å². The summed E-state index contributed by atoms with van der Waals surface area (Å²) in [6, 6.07) is 17.2. The second kappa shape index (κ2) is 11.5. The van der Waals surface area contributed by atoms with E-state index in [-0.39, 0.29) is 23.3 Å². The number of aryl methyl sites for hydroxylation is 1. The van der Waals surface area contributed by atoms with Crippen molar-refractivity contribution >= 4 is 11.8 Å². The number of halogens is 3. The lowest BCUT2D eigenvalue weighted by Gasteiger charge is -2.32. The second-order valence-corrected chi connectivity index (χ2v) is 8.94. The van der Waals surface area contributed by atoms with Gasteiger partial charge >= 0.3 is 6.18 Å². The van der Waals surface area contributed by atoms with Crippen LogP contribution >= 0.6 is 0 Å². The van der Waals surface area contributed by atoms with Crippen molar-refractivity contribution < 1.29 is 27.5 Å². The van der Waals surface area contributed by atoms with Crippen LogP contribution in [0.4, 0.5) is 13.2 Å². The molecule has 9 heteroatoms. The minimum Gasteiger partial charge on any atom is -0.492 e. The van der Waals surface area contributed by atoms with Gasteiger partial charge in [0.15, 0.2) is 0 Å². The van der Waals surface area contributed by atoms with Crippen LogP contribution in [-0.2, 0) is 6.18 Å². The number of rotatable bonds is 7. The minimum absolute atomic E-state index is 0.0159. The Kier molecular flexibility index (Phi) is 8.11. The summed E-state index contributed by atoms with van der Waals surface area (Å²) in [6.45, 7) is 3.37. The summed E-state index contributed by atoms with van der Waals surface area (Å²) in [7, 11) is 0. The zero-order chi connectivity index (χ0) is 26.4. The van der Waals surface area contributed by atoms with E-state index in [4.69, 9.17) is 4.74 Å². The van der Waals surface area contributed by atoms with Gasteiger partial charge in [0.25, 0.3) is 11.8 Å². The summed E-state index contributed by atoms with van der Waals surface area (Å²) < 4.78 is 44.1.